The van der Waals surface area contributed by atoms with Crippen molar-refractivity contribution < 1.29 is 111 Å². The molecule has 8 heteroatoms. The molecule has 0 atom stereocenters. The van der Waals surface area contributed by atoms with Gasteiger partial charge in [-0.15, -0.1) is 0 Å². The predicted molar refractivity (Wildman–Crippen MR) is 5.75 cm³/mol. The molecule has 0 bridgehead atoms. The second-order valence-electron chi connectivity index (χ2n) is 0. The van der Waals surface area contributed by atoms with Gasteiger partial charge in [-0.1, -0.05) is 0 Å². The average molecular weight is 262 g/mol. The van der Waals surface area contributed by atoms with Crippen LogP contribution in [-0.2, 0) is 0 Å². The van der Waals surface area contributed by atoms with Crippen molar-refractivity contribution >= 4 is 17.4 Å². The van der Waals surface area contributed by atoms with Crippen LogP contribution in [0, 0.1) is 0 Å². The van der Waals surface area contributed by atoms with E-state index < -0.39 is 0 Å². The van der Waals surface area contributed by atoms with Gasteiger partial charge in [0.25, 0.3) is 0 Å². The Morgan fingerprint density at radius 2 is 0.500 bits per heavy atom. The molecule has 0 N–H and O–H groups in total. The van der Waals surface area contributed by atoms with Crippen LogP contribution in [0.3, 0.4) is 0 Å². The van der Waals surface area contributed by atoms with Crippen molar-refractivity contribution in [3.8, 4) is 0 Å². The molecule has 0 aliphatic rings. The molecular weight excluding hydrogens is 262 g/mol. The number of halogens is 5. The molecule has 0 heterocycles. The van der Waals surface area contributed by atoms with Crippen LogP contribution in [0.4, 0.5) is 0 Å². The molecule has 0 aliphatic heterocycles. The summed E-state index contributed by atoms with van der Waals surface area (Å²) in [6, 6.07) is 0. The Morgan fingerprint density at radius 3 is 0.500 bits per heavy atom. The third-order valence-electron chi connectivity index (χ3n) is 0. The van der Waals surface area contributed by atoms with E-state index in [4.69, 9.17) is 0 Å². The van der Waals surface area contributed by atoms with Gasteiger partial charge in [0.05, 0.1) is 0 Å². The minimum atomic E-state index is 0. The zero-order chi connectivity index (χ0) is 0. The van der Waals surface area contributed by atoms with Crippen LogP contribution in [0.2, 0.25) is 0 Å². The molecule has 0 aromatic rings. The molecule has 0 fully saturated rings. The minimum Gasteiger partial charge on any atom is -1.00 e. The molecule has 0 saturated heterocycles. The van der Waals surface area contributed by atoms with Gasteiger partial charge < -0.3 is 23.5 Å². The van der Waals surface area contributed by atoms with Crippen LogP contribution in [-0.4, -0.2) is 17.4 Å². The summed E-state index contributed by atoms with van der Waals surface area (Å²) < 4.78 is 0. The van der Waals surface area contributed by atoms with Gasteiger partial charge >= 0.3 is 105 Å². The van der Waals surface area contributed by atoms with Crippen LogP contribution >= 0.6 is 0 Å². The van der Waals surface area contributed by atoms with E-state index in [0.717, 1.165) is 0 Å². The quantitative estimate of drug-likeness (QED) is 0.300. The second-order valence-corrected chi connectivity index (χ2v) is 0. The summed E-state index contributed by atoms with van der Waals surface area (Å²) in [7, 11) is 0. The molecule has 8 heavy (non-hydrogen) atoms. The molecule has 0 spiro atoms. The Kier molecular flexibility index (Phi) is 1560. The van der Waals surface area contributed by atoms with E-state index >= 15 is 0 Å². The molecule has 0 unspecified atom stereocenters. The zero-order valence-electron chi connectivity index (χ0n) is 4.47. The van der Waals surface area contributed by atoms with E-state index in [1.54, 1.807) is 0 Å². The zero-order valence-corrected chi connectivity index (χ0v) is 11.9. The van der Waals surface area contributed by atoms with E-state index in [1.165, 1.54) is 0 Å². The first-order chi connectivity index (χ1) is 0. The molecule has 0 radical (unpaired) electrons. The van der Waals surface area contributed by atoms with E-state index in [-0.39, 0.29) is 129 Å². The maximum absolute atomic E-state index is 0. The first-order valence-electron chi connectivity index (χ1n) is 0. The van der Waals surface area contributed by atoms with Crippen molar-refractivity contribution in [2.75, 3.05) is 0 Å². The number of hydrogen-bond donors (Lipinski definition) is 0. The Bertz CT molecular complexity index is 12.4. The van der Waals surface area contributed by atoms with Gasteiger partial charge in [-0.05, 0) is 0 Å². The fraction of sp³-hybridized carbons (Fsp3) is 0. The van der Waals surface area contributed by atoms with Gasteiger partial charge in [-0.2, -0.15) is 0 Å². The summed E-state index contributed by atoms with van der Waals surface area (Å²) in [6.07, 6.45) is 0. The average Bonchev–Trinajstić information content (AvgIpc) is 0. The van der Waals surface area contributed by atoms with Crippen LogP contribution in [0.1, 0.15) is 0 Å². The SMILES string of the molecule is [Al+3].[Cs+].[F-].[F-].[F-].[F-].[F-].[Li+]. The molecule has 40 valence electrons. The normalized spacial score (nSPS) is 0. The molecule has 0 nitrogen and oxygen atoms in total. The molecule has 0 rings (SSSR count). The van der Waals surface area contributed by atoms with Crippen molar-refractivity contribution in [1.29, 1.82) is 0 Å². The molecule has 0 amide bonds. The summed E-state index contributed by atoms with van der Waals surface area (Å²) in [4.78, 5) is 0. The molecule has 0 aromatic heterocycles. The van der Waals surface area contributed by atoms with Gasteiger partial charge in [-0.3, -0.25) is 0 Å². The fourth-order valence-electron chi connectivity index (χ4n) is 0. The van der Waals surface area contributed by atoms with E-state index in [2.05, 4.69) is 0 Å². The van der Waals surface area contributed by atoms with Crippen molar-refractivity contribution in [1.82, 2.24) is 0 Å². The Morgan fingerprint density at radius 1 is 0.500 bits per heavy atom. The standard InChI is InChI=1S/Al.Cs.5FH.Li/h;;5*1H;/q+3;+1;;;;;;+1/p-5. The van der Waals surface area contributed by atoms with E-state index in [1.807, 2.05) is 0 Å². The topological polar surface area (TPSA) is 0 Å². The fourth-order valence-corrected chi connectivity index (χ4v) is 0. The maximum atomic E-state index is 0. The van der Waals surface area contributed by atoms with Gasteiger partial charge in [0.2, 0.25) is 0 Å². The van der Waals surface area contributed by atoms with Crippen LogP contribution in [0.5, 0.6) is 0 Å². The maximum Gasteiger partial charge on any atom is 3.00 e. The van der Waals surface area contributed by atoms with Crippen molar-refractivity contribution in [3.05, 3.63) is 0 Å². The third kappa shape index (κ3) is 67.6. The summed E-state index contributed by atoms with van der Waals surface area (Å²) in [6.45, 7) is 0. The Hall–Kier alpha value is 2.83. The van der Waals surface area contributed by atoms with Gasteiger partial charge in [0, 0.05) is 0 Å². The van der Waals surface area contributed by atoms with Gasteiger partial charge in [0.1, 0.15) is 0 Å². The number of hydrogen-bond acceptors (Lipinski definition) is 0. The molecular formula is AlCsF5Li. The van der Waals surface area contributed by atoms with E-state index in [0.29, 0.717) is 0 Å². The molecule has 0 aromatic carbocycles. The van der Waals surface area contributed by atoms with Gasteiger partial charge in [-0.25, -0.2) is 0 Å². The monoisotopic (exact) mass is 262 g/mol. The Labute approximate surface area is 125 Å². The predicted octanol–water partition coefficient (Wildman–Crippen LogP) is -21.4. The summed E-state index contributed by atoms with van der Waals surface area (Å²) in [5, 5.41) is 0. The third-order valence-corrected chi connectivity index (χ3v) is 0. The van der Waals surface area contributed by atoms with E-state index in [9.17, 15) is 0 Å². The van der Waals surface area contributed by atoms with Crippen LogP contribution in [0.25, 0.3) is 0 Å². The second kappa shape index (κ2) is 95.6. The van der Waals surface area contributed by atoms with Crippen LogP contribution < -0.4 is 111 Å². The smallest absolute Gasteiger partial charge is 1.00 e. The Balaban J connectivity index is 0. The minimum absolute atomic E-state index is 0. The number of rotatable bonds is 0. The van der Waals surface area contributed by atoms with Crippen molar-refractivity contribution in [2.45, 2.75) is 0 Å². The van der Waals surface area contributed by atoms with Gasteiger partial charge in [0.15, 0.2) is 0 Å². The first-order valence-corrected chi connectivity index (χ1v) is 0. The molecule has 0 saturated carbocycles. The summed E-state index contributed by atoms with van der Waals surface area (Å²) in [5.74, 6) is 0. The largest absolute Gasteiger partial charge is 3.00 e. The van der Waals surface area contributed by atoms with Crippen LogP contribution in [0.15, 0.2) is 0 Å². The first kappa shape index (κ1) is 131. The summed E-state index contributed by atoms with van der Waals surface area (Å²) in [5.41, 5.74) is 0. The summed E-state index contributed by atoms with van der Waals surface area (Å²) >= 11 is 0. The van der Waals surface area contributed by atoms with Crippen molar-refractivity contribution in [3.63, 3.8) is 0 Å². The van der Waals surface area contributed by atoms with Crippen molar-refractivity contribution in [2.24, 2.45) is 0 Å². The molecule has 0 aliphatic carbocycles.